The third-order valence-electron chi connectivity index (χ3n) is 2.80. The molecule has 130 valence electrons. The van der Waals surface area contributed by atoms with Crippen LogP contribution < -0.4 is 0 Å². The lowest BCUT2D eigenvalue weighted by molar-refractivity contribution is 0.0520. The number of aromatic amines is 1. The number of aromatic nitrogens is 3. The lowest BCUT2D eigenvalue weighted by atomic mass is 10.1. The van der Waals surface area contributed by atoms with Crippen molar-refractivity contribution >= 4 is 26.2 Å². The molecule has 0 aliphatic heterocycles. The third kappa shape index (κ3) is 3.59. The Morgan fingerprint density at radius 2 is 1.83 bits per heavy atom. The van der Waals surface area contributed by atoms with Crippen molar-refractivity contribution in [1.29, 1.82) is 0 Å². The molecule has 1 aromatic carbocycles. The summed E-state index contributed by atoms with van der Waals surface area (Å²) in [5, 5.41) is 9.21. The number of H-pyrrole nitrogens is 1. The van der Waals surface area contributed by atoms with E-state index in [1.54, 1.807) is 0 Å². The first kappa shape index (κ1) is 18.0. The maximum Gasteiger partial charge on any atom is 0.361 e. The molecule has 24 heavy (non-hydrogen) atoms. The van der Waals surface area contributed by atoms with Gasteiger partial charge in [-0.15, -0.1) is 5.10 Å². The number of ether oxygens (including phenoxy) is 1. The molecule has 0 saturated heterocycles. The first-order valence-corrected chi connectivity index (χ1v) is 9.11. The van der Waals surface area contributed by atoms with Crippen molar-refractivity contribution < 1.29 is 35.5 Å². The van der Waals surface area contributed by atoms with Crippen molar-refractivity contribution in [2.24, 2.45) is 0 Å². The van der Waals surface area contributed by atoms with E-state index in [-0.39, 0.29) is 12.3 Å². The first-order valence-electron chi connectivity index (χ1n) is 6.23. The molecule has 1 aromatic heterocycles. The number of nitrogens with zero attached hydrogens (tertiary/aromatic N) is 2. The molecule has 3 N–H and O–H groups in total. The second-order valence-corrected chi connectivity index (χ2v) is 7.16. The van der Waals surface area contributed by atoms with Crippen LogP contribution in [0.1, 0.15) is 17.4 Å². The third-order valence-corrected chi connectivity index (χ3v) is 4.56. The first-order chi connectivity index (χ1) is 11.1. The highest BCUT2D eigenvalue weighted by atomic mass is 32.2. The monoisotopic (exact) mass is 377 g/mol. The van der Waals surface area contributed by atoms with Gasteiger partial charge in [0.1, 0.15) is 10.6 Å². The standard InChI is InChI=1S/C11H11N3O8S2/c1-2-22-11(15)10-9(12-14-13-10)7-5-6(23(16,17)18)3-4-8(7)24(19,20)21/h3-5H,2H2,1H3,(H,12,13,14)(H,16,17,18)(H,19,20,21). The molecular weight excluding hydrogens is 366 g/mol. The zero-order chi connectivity index (χ0) is 18.1. The molecule has 2 rings (SSSR count). The van der Waals surface area contributed by atoms with Gasteiger partial charge in [0.25, 0.3) is 20.2 Å². The van der Waals surface area contributed by atoms with E-state index in [2.05, 4.69) is 15.4 Å². The number of carbonyl (C=O) groups excluding carboxylic acids is 1. The molecule has 0 radical (unpaired) electrons. The number of hydrogen-bond acceptors (Lipinski definition) is 8. The van der Waals surface area contributed by atoms with Gasteiger partial charge in [0, 0.05) is 5.56 Å². The molecule has 0 bridgehead atoms. The van der Waals surface area contributed by atoms with Crippen molar-refractivity contribution in [2.45, 2.75) is 16.7 Å². The largest absolute Gasteiger partial charge is 0.461 e. The highest BCUT2D eigenvalue weighted by molar-refractivity contribution is 7.86. The number of hydrogen-bond donors (Lipinski definition) is 3. The number of esters is 1. The molecule has 0 aliphatic rings. The Morgan fingerprint density at radius 1 is 1.17 bits per heavy atom. The Balaban J connectivity index is 2.78. The van der Waals surface area contributed by atoms with E-state index in [0.29, 0.717) is 0 Å². The Morgan fingerprint density at radius 3 is 2.38 bits per heavy atom. The summed E-state index contributed by atoms with van der Waals surface area (Å²) in [5.41, 5.74) is -1.25. The van der Waals surface area contributed by atoms with E-state index in [1.807, 2.05) is 0 Å². The zero-order valence-corrected chi connectivity index (χ0v) is 13.6. The fraction of sp³-hybridized carbons (Fsp3) is 0.182. The summed E-state index contributed by atoms with van der Waals surface area (Å²) >= 11 is 0. The van der Waals surface area contributed by atoms with Gasteiger partial charge in [-0.05, 0) is 25.1 Å². The number of nitrogens with one attached hydrogen (secondary N) is 1. The number of rotatable bonds is 5. The predicted molar refractivity (Wildman–Crippen MR) is 77.4 cm³/mol. The van der Waals surface area contributed by atoms with Crippen LogP contribution >= 0.6 is 0 Å². The van der Waals surface area contributed by atoms with Crippen LogP contribution in [0, 0.1) is 0 Å². The van der Waals surface area contributed by atoms with Crippen molar-refractivity contribution in [3.8, 4) is 11.3 Å². The summed E-state index contributed by atoms with van der Waals surface area (Å²) in [7, 11) is -9.46. The van der Waals surface area contributed by atoms with E-state index in [0.717, 1.165) is 18.2 Å². The quantitative estimate of drug-likeness (QED) is 0.479. The van der Waals surface area contributed by atoms with Gasteiger partial charge in [-0.2, -0.15) is 27.1 Å². The highest BCUT2D eigenvalue weighted by Crippen LogP contribution is 2.30. The summed E-state index contributed by atoms with van der Waals surface area (Å²) in [6.07, 6.45) is 0. The molecule has 0 atom stereocenters. The van der Waals surface area contributed by atoms with Gasteiger partial charge in [0.2, 0.25) is 0 Å². The van der Waals surface area contributed by atoms with Crippen LogP contribution in [-0.4, -0.2) is 53.9 Å². The fourth-order valence-electron chi connectivity index (χ4n) is 1.84. The lowest BCUT2D eigenvalue weighted by Gasteiger charge is -2.08. The minimum Gasteiger partial charge on any atom is -0.461 e. The highest BCUT2D eigenvalue weighted by Gasteiger charge is 2.27. The molecular formula is C11H11N3O8S2. The van der Waals surface area contributed by atoms with Gasteiger partial charge in [0.15, 0.2) is 5.69 Å². The van der Waals surface area contributed by atoms with E-state index < -0.39 is 47.3 Å². The minimum absolute atomic E-state index is 0.00134. The summed E-state index contributed by atoms with van der Waals surface area (Å²) in [4.78, 5) is 10.4. The molecule has 0 aliphatic carbocycles. The van der Waals surface area contributed by atoms with E-state index in [4.69, 9.17) is 9.29 Å². The summed E-state index contributed by atoms with van der Waals surface area (Å²) in [6.45, 7) is 1.53. The van der Waals surface area contributed by atoms with Crippen molar-refractivity contribution in [3.63, 3.8) is 0 Å². The van der Waals surface area contributed by atoms with Gasteiger partial charge < -0.3 is 4.74 Å². The Bertz CT molecular complexity index is 994. The van der Waals surface area contributed by atoms with Gasteiger partial charge in [0.05, 0.1) is 11.5 Å². The Labute approximate surface area is 136 Å². The second-order valence-electron chi connectivity index (χ2n) is 4.35. The number of benzene rings is 1. The van der Waals surface area contributed by atoms with Crippen molar-refractivity contribution in [1.82, 2.24) is 15.4 Å². The number of carbonyl (C=O) groups is 1. The maximum absolute atomic E-state index is 11.8. The minimum atomic E-state index is -4.79. The van der Waals surface area contributed by atoms with Crippen molar-refractivity contribution in [3.05, 3.63) is 23.9 Å². The summed E-state index contributed by atoms with van der Waals surface area (Å²) in [6, 6.07) is 2.25. The fourth-order valence-corrected chi connectivity index (χ4v) is 3.02. The summed E-state index contributed by atoms with van der Waals surface area (Å²) in [5.74, 6) is -0.945. The SMILES string of the molecule is CCOC(=O)c1n[nH]nc1-c1cc(S(=O)(=O)O)ccc1S(=O)(=O)O. The molecule has 2 aromatic rings. The Hall–Kier alpha value is -2.35. The smallest absolute Gasteiger partial charge is 0.361 e. The van der Waals surface area contributed by atoms with Crippen LogP contribution in [0.2, 0.25) is 0 Å². The van der Waals surface area contributed by atoms with Gasteiger partial charge in [-0.1, -0.05) is 0 Å². The molecule has 0 fully saturated rings. The van der Waals surface area contributed by atoms with E-state index in [9.17, 15) is 26.2 Å². The Kier molecular flexibility index (Phi) is 4.70. The predicted octanol–water partition coefficient (Wildman–Crippen LogP) is 0.142. The van der Waals surface area contributed by atoms with Crippen LogP contribution in [0.3, 0.4) is 0 Å². The molecule has 0 saturated carbocycles. The van der Waals surface area contributed by atoms with Crippen LogP contribution in [0.5, 0.6) is 0 Å². The maximum atomic E-state index is 11.8. The van der Waals surface area contributed by atoms with Gasteiger partial charge >= 0.3 is 5.97 Å². The van der Waals surface area contributed by atoms with Crippen LogP contribution in [-0.2, 0) is 25.0 Å². The average molecular weight is 377 g/mol. The molecule has 13 heteroatoms. The molecule has 11 nitrogen and oxygen atoms in total. The lowest BCUT2D eigenvalue weighted by Crippen LogP contribution is -2.09. The topological polar surface area (TPSA) is 177 Å². The molecule has 0 unspecified atom stereocenters. The van der Waals surface area contributed by atoms with Crippen LogP contribution in [0.25, 0.3) is 11.3 Å². The van der Waals surface area contributed by atoms with Crippen molar-refractivity contribution in [2.75, 3.05) is 6.61 Å². The second kappa shape index (κ2) is 6.27. The van der Waals surface area contributed by atoms with Crippen LogP contribution in [0.4, 0.5) is 0 Å². The van der Waals surface area contributed by atoms with Gasteiger partial charge in [-0.25, -0.2) is 4.79 Å². The summed E-state index contributed by atoms with van der Waals surface area (Å²) < 4.78 is 68.6. The molecule has 0 spiro atoms. The zero-order valence-electron chi connectivity index (χ0n) is 12.0. The normalized spacial score (nSPS) is 12.1. The molecule has 1 heterocycles. The van der Waals surface area contributed by atoms with Crippen LogP contribution in [0.15, 0.2) is 28.0 Å². The molecule has 0 amide bonds. The van der Waals surface area contributed by atoms with Gasteiger partial charge in [-0.3, -0.25) is 9.11 Å². The van der Waals surface area contributed by atoms with E-state index >= 15 is 0 Å². The van der Waals surface area contributed by atoms with E-state index in [1.165, 1.54) is 6.92 Å². The average Bonchev–Trinajstić information content (AvgIpc) is 2.94.